The Hall–Kier alpha value is -2.76. The van der Waals surface area contributed by atoms with Crippen molar-refractivity contribution in [1.29, 1.82) is 0 Å². The molecule has 1 aromatic carbocycles. The van der Waals surface area contributed by atoms with Crippen LogP contribution in [0.4, 0.5) is 11.5 Å². The number of rotatable bonds is 5. The minimum Gasteiger partial charge on any atom is -0.454 e. The van der Waals surface area contributed by atoms with Crippen LogP contribution in [-0.2, 0) is 0 Å². The zero-order valence-corrected chi connectivity index (χ0v) is 12.3. The van der Waals surface area contributed by atoms with Gasteiger partial charge in [-0.25, -0.2) is 4.98 Å². The van der Waals surface area contributed by atoms with E-state index in [1.165, 1.54) is 0 Å². The summed E-state index contributed by atoms with van der Waals surface area (Å²) in [6.45, 7) is 3.18. The fraction of sp³-hybridized carbons (Fsp3) is 0.250. The number of amides is 1. The van der Waals surface area contributed by atoms with Crippen molar-refractivity contribution in [2.75, 3.05) is 24.0 Å². The number of carbonyl (C=O) groups excluding carboxylic acids is 1. The van der Waals surface area contributed by atoms with Crippen molar-refractivity contribution in [3.05, 3.63) is 42.1 Å². The predicted molar refractivity (Wildman–Crippen MR) is 83.5 cm³/mol. The minimum atomic E-state index is -0.236. The topological polar surface area (TPSA) is 72.5 Å². The number of anilines is 2. The largest absolute Gasteiger partial charge is 0.454 e. The first-order valence-corrected chi connectivity index (χ1v) is 7.17. The van der Waals surface area contributed by atoms with Gasteiger partial charge in [0.05, 0.1) is 11.9 Å². The lowest BCUT2D eigenvalue weighted by atomic mass is 10.2. The number of nitrogens with one attached hydrogen (secondary N) is 2. The highest BCUT2D eigenvalue weighted by molar-refractivity contribution is 6.04. The molecule has 2 N–H and O–H groups in total. The molecule has 0 radical (unpaired) electrons. The van der Waals surface area contributed by atoms with E-state index in [1.54, 1.807) is 30.5 Å². The van der Waals surface area contributed by atoms with Crippen LogP contribution in [0.1, 0.15) is 23.7 Å². The van der Waals surface area contributed by atoms with Crippen molar-refractivity contribution in [1.82, 2.24) is 4.98 Å². The molecule has 2 heterocycles. The summed E-state index contributed by atoms with van der Waals surface area (Å²) >= 11 is 0. The molecule has 114 valence electrons. The molecule has 6 heteroatoms. The Kier molecular flexibility index (Phi) is 4.09. The van der Waals surface area contributed by atoms with E-state index < -0.39 is 0 Å². The molecular weight excluding hydrogens is 282 g/mol. The molecule has 0 saturated carbocycles. The molecule has 1 aromatic heterocycles. The van der Waals surface area contributed by atoms with Gasteiger partial charge in [-0.15, -0.1) is 0 Å². The van der Waals surface area contributed by atoms with Crippen LogP contribution in [0, 0.1) is 0 Å². The molecule has 0 bridgehead atoms. The van der Waals surface area contributed by atoms with E-state index in [-0.39, 0.29) is 12.7 Å². The summed E-state index contributed by atoms with van der Waals surface area (Å²) in [6.07, 6.45) is 2.74. The van der Waals surface area contributed by atoms with Crippen molar-refractivity contribution in [2.45, 2.75) is 13.3 Å². The van der Waals surface area contributed by atoms with Gasteiger partial charge in [-0.2, -0.15) is 0 Å². The summed E-state index contributed by atoms with van der Waals surface area (Å²) in [6, 6.07) is 8.73. The Bertz CT molecular complexity index is 671. The number of nitrogens with zero attached hydrogens (tertiary/aromatic N) is 1. The normalized spacial score (nSPS) is 12.0. The van der Waals surface area contributed by atoms with E-state index in [0.717, 1.165) is 18.7 Å². The smallest absolute Gasteiger partial charge is 0.256 e. The van der Waals surface area contributed by atoms with Gasteiger partial charge < -0.3 is 20.1 Å². The first-order chi connectivity index (χ1) is 10.8. The van der Waals surface area contributed by atoms with E-state index in [9.17, 15) is 4.79 Å². The first kappa shape index (κ1) is 14.2. The molecule has 0 aliphatic carbocycles. The number of carbonyl (C=O) groups is 1. The first-order valence-electron chi connectivity index (χ1n) is 7.17. The van der Waals surface area contributed by atoms with Crippen molar-refractivity contribution in [2.24, 2.45) is 0 Å². The molecule has 22 heavy (non-hydrogen) atoms. The quantitative estimate of drug-likeness (QED) is 0.888. The van der Waals surface area contributed by atoms with Crippen molar-refractivity contribution in [3.8, 4) is 11.5 Å². The van der Waals surface area contributed by atoms with Crippen LogP contribution in [-0.4, -0.2) is 24.2 Å². The summed E-state index contributed by atoms with van der Waals surface area (Å²) in [5.41, 5.74) is 1.43. The Morgan fingerprint density at radius 3 is 2.86 bits per heavy atom. The molecule has 1 amide bonds. The van der Waals surface area contributed by atoms with Gasteiger partial charge in [0.2, 0.25) is 6.79 Å². The molecular formula is C16H17N3O3. The highest BCUT2D eigenvalue weighted by Gasteiger charge is 2.16. The molecule has 0 unspecified atom stereocenters. The van der Waals surface area contributed by atoms with E-state index in [0.29, 0.717) is 22.9 Å². The molecule has 0 atom stereocenters. The van der Waals surface area contributed by atoms with Gasteiger partial charge in [0.1, 0.15) is 5.82 Å². The maximum atomic E-state index is 12.2. The van der Waals surface area contributed by atoms with Crippen molar-refractivity contribution in [3.63, 3.8) is 0 Å². The van der Waals surface area contributed by atoms with Crippen LogP contribution >= 0.6 is 0 Å². The molecule has 0 saturated heterocycles. The third kappa shape index (κ3) is 3.11. The second kappa shape index (κ2) is 6.34. The molecule has 2 aromatic rings. The Morgan fingerprint density at radius 2 is 2.09 bits per heavy atom. The number of benzene rings is 1. The van der Waals surface area contributed by atoms with Crippen LogP contribution in [0.5, 0.6) is 11.5 Å². The number of aromatic nitrogens is 1. The van der Waals surface area contributed by atoms with E-state index in [1.807, 2.05) is 6.07 Å². The Morgan fingerprint density at radius 1 is 1.23 bits per heavy atom. The fourth-order valence-corrected chi connectivity index (χ4v) is 2.07. The molecule has 3 rings (SSSR count). The highest BCUT2D eigenvalue weighted by atomic mass is 16.7. The van der Waals surface area contributed by atoms with Crippen LogP contribution < -0.4 is 20.1 Å². The van der Waals surface area contributed by atoms with Crippen molar-refractivity contribution >= 4 is 17.4 Å². The monoisotopic (exact) mass is 299 g/mol. The summed E-state index contributed by atoms with van der Waals surface area (Å²) in [5, 5.41) is 5.99. The van der Waals surface area contributed by atoms with Gasteiger partial charge in [-0.3, -0.25) is 4.79 Å². The van der Waals surface area contributed by atoms with E-state index in [4.69, 9.17) is 9.47 Å². The maximum Gasteiger partial charge on any atom is 0.256 e. The second-order valence-corrected chi connectivity index (χ2v) is 4.88. The molecule has 1 aliphatic heterocycles. The lowest BCUT2D eigenvalue weighted by Gasteiger charge is -2.07. The number of hydrogen-bond acceptors (Lipinski definition) is 5. The Balaban J connectivity index is 1.66. The summed E-state index contributed by atoms with van der Waals surface area (Å²) in [5.74, 6) is 1.51. The van der Waals surface area contributed by atoms with Gasteiger partial charge in [-0.1, -0.05) is 6.92 Å². The van der Waals surface area contributed by atoms with Crippen LogP contribution in [0.25, 0.3) is 0 Å². The zero-order valence-electron chi connectivity index (χ0n) is 12.3. The van der Waals surface area contributed by atoms with Gasteiger partial charge in [0.15, 0.2) is 11.5 Å². The molecule has 0 spiro atoms. The van der Waals surface area contributed by atoms with Crippen LogP contribution in [0.2, 0.25) is 0 Å². The molecule has 6 nitrogen and oxygen atoms in total. The predicted octanol–water partition coefficient (Wildman–Crippen LogP) is 2.88. The van der Waals surface area contributed by atoms with E-state index in [2.05, 4.69) is 22.5 Å². The summed E-state index contributed by atoms with van der Waals surface area (Å²) < 4.78 is 10.5. The maximum absolute atomic E-state index is 12.2. The third-order valence-electron chi connectivity index (χ3n) is 3.22. The molecule has 0 fully saturated rings. The number of pyridine rings is 1. The second-order valence-electron chi connectivity index (χ2n) is 4.88. The fourth-order valence-electron chi connectivity index (χ4n) is 2.07. The standard InChI is InChI=1S/C16H17N3O3/c1-2-7-17-12-4-6-15(18-9-12)19-16(20)11-3-5-13-14(8-11)22-10-21-13/h3-6,8-9,17H,2,7,10H2,1H3,(H,18,19,20). The average molecular weight is 299 g/mol. The number of fused-ring (bicyclic) bond motifs is 1. The van der Waals surface area contributed by atoms with Gasteiger partial charge in [-0.05, 0) is 36.8 Å². The number of ether oxygens (including phenoxy) is 2. The molecule has 1 aliphatic rings. The van der Waals surface area contributed by atoms with E-state index >= 15 is 0 Å². The van der Waals surface area contributed by atoms with Crippen LogP contribution in [0.15, 0.2) is 36.5 Å². The lowest BCUT2D eigenvalue weighted by Crippen LogP contribution is -2.13. The van der Waals surface area contributed by atoms with Gasteiger partial charge in [0, 0.05) is 12.1 Å². The summed E-state index contributed by atoms with van der Waals surface area (Å²) in [7, 11) is 0. The average Bonchev–Trinajstić information content (AvgIpc) is 3.01. The number of hydrogen-bond donors (Lipinski definition) is 2. The SMILES string of the molecule is CCCNc1ccc(NC(=O)c2ccc3c(c2)OCO3)nc1. The Labute approximate surface area is 128 Å². The summed E-state index contributed by atoms with van der Waals surface area (Å²) in [4.78, 5) is 16.4. The minimum absolute atomic E-state index is 0.189. The highest BCUT2D eigenvalue weighted by Crippen LogP contribution is 2.32. The van der Waals surface area contributed by atoms with Gasteiger partial charge in [0.25, 0.3) is 5.91 Å². The zero-order chi connectivity index (χ0) is 15.4. The van der Waals surface area contributed by atoms with Gasteiger partial charge >= 0.3 is 0 Å². The third-order valence-corrected chi connectivity index (χ3v) is 3.22. The van der Waals surface area contributed by atoms with Crippen LogP contribution in [0.3, 0.4) is 0 Å². The lowest BCUT2D eigenvalue weighted by molar-refractivity contribution is 0.102. The van der Waals surface area contributed by atoms with Crippen molar-refractivity contribution < 1.29 is 14.3 Å².